The number of rotatable bonds is 4. The van der Waals surface area contributed by atoms with Crippen LogP contribution in [0.25, 0.3) is 0 Å². The van der Waals surface area contributed by atoms with E-state index in [1.807, 2.05) is 20.8 Å². The van der Waals surface area contributed by atoms with Crippen molar-refractivity contribution < 1.29 is 24.2 Å². The summed E-state index contributed by atoms with van der Waals surface area (Å²) >= 11 is 0. The molecule has 0 aromatic heterocycles. The first-order valence-electron chi connectivity index (χ1n) is 6.07. The average molecular weight is 259 g/mol. The second-order valence-electron chi connectivity index (χ2n) is 4.72. The zero-order valence-electron chi connectivity index (χ0n) is 11.2. The van der Waals surface area contributed by atoms with Crippen LogP contribution in [-0.2, 0) is 19.1 Å². The van der Waals surface area contributed by atoms with Crippen LogP contribution in [0.3, 0.4) is 0 Å². The summed E-state index contributed by atoms with van der Waals surface area (Å²) in [5, 5.41) is 11.9. The van der Waals surface area contributed by atoms with E-state index in [4.69, 9.17) is 4.74 Å². The topological polar surface area (TPSA) is 84.9 Å². The maximum Gasteiger partial charge on any atom is 0.336 e. The molecule has 0 aliphatic carbocycles. The van der Waals surface area contributed by atoms with Crippen molar-refractivity contribution >= 4 is 11.9 Å². The molecule has 1 rings (SSSR count). The molecule has 6 nitrogen and oxygen atoms in total. The van der Waals surface area contributed by atoms with Gasteiger partial charge in [-0.2, -0.15) is 0 Å². The Hall–Kier alpha value is -1.14. The van der Waals surface area contributed by atoms with Gasteiger partial charge in [0.1, 0.15) is 0 Å². The van der Waals surface area contributed by atoms with E-state index in [9.17, 15) is 14.7 Å². The first kappa shape index (κ1) is 14.9. The summed E-state index contributed by atoms with van der Waals surface area (Å²) in [6, 6.07) is 0. The molecule has 5 unspecified atom stereocenters. The highest BCUT2D eigenvalue weighted by Gasteiger charge is 2.41. The van der Waals surface area contributed by atoms with Crippen LogP contribution in [0.15, 0.2) is 0 Å². The van der Waals surface area contributed by atoms with Gasteiger partial charge in [-0.3, -0.25) is 4.79 Å². The molecule has 1 saturated heterocycles. The van der Waals surface area contributed by atoms with Crippen LogP contribution in [0.1, 0.15) is 20.8 Å². The summed E-state index contributed by atoms with van der Waals surface area (Å²) in [6.07, 6.45) is -1.46. The maximum absolute atomic E-state index is 12.0. The van der Waals surface area contributed by atoms with Gasteiger partial charge in [0, 0.05) is 0 Å². The van der Waals surface area contributed by atoms with Crippen LogP contribution in [0.2, 0.25) is 0 Å². The van der Waals surface area contributed by atoms with Crippen molar-refractivity contribution in [3.63, 3.8) is 0 Å². The number of ether oxygens (including phenoxy) is 2. The summed E-state index contributed by atoms with van der Waals surface area (Å²) in [6.45, 7) is 5.59. The lowest BCUT2D eigenvalue weighted by atomic mass is 9.89. The van der Waals surface area contributed by atoms with Gasteiger partial charge in [-0.05, 0) is 19.8 Å². The molecule has 5 atom stereocenters. The number of aliphatic hydroxyl groups is 1. The number of hydrogen-bond acceptors (Lipinski definition) is 5. The second kappa shape index (κ2) is 6.15. The van der Waals surface area contributed by atoms with Crippen molar-refractivity contribution in [3.8, 4) is 0 Å². The largest absolute Gasteiger partial charge is 0.467 e. The van der Waals surface area contributed by atoms with E-state index in [1.54, 1.807) is 0 Å². The lowest BCUT2D eigenvalue weighted by Gasteiger charge is -2.18. The Bertz CT molecular complexity index is 320. The number of nitrogens with one attached hydrogen (secondary N) is 1. The average Bonchev–Trinajstić information content (AvgIpc) is 2.59. The van der Waals surface area contributed by atoms with Crippen LogP contribution in [0, 0.1) is 11.8 Å². The molecular weight excluding hydrogens is 238 g/mol. The Morgan fingerprint density at radius 1 is 1.33 bits per heavy atom. The number of hydrogen-bond donors (Lipinski definition) is 2. The van der Waals surface area contributed by atoms with Gasteiger partial charge in [0.05, 0.1) is 31.8 Å². The van der Waals surface area contributed by atoms with Gasteiger partial charge in [-0.25, -0.2) is 4.79 Å². The summed E-state index contributed by atoms with van der Waals surface area (Å²) in [5.41, 5.74) is 0. The molecule has 1 fully saturated rings. The molecule has 1 aliphatic rings. The third kappa shape index (κ3) is 3.20. The van der Waals surface area contributed by atoms with E-state index in [-0.39, 0.29) is 36.5 Å². The fraction of sp³-hybridized carbons (Fsp3) is 0.833. The van der Waals surface area contributed by atoms with E-state index in [0.29, 0.717) is 0 Å². The Morgan fingerprint density at radius 3 is 2.39 bits per heavy atom. The smallest absolute Gasteiger partial charge is 0.336 e. The molecule has 2 N–H and O–H groups in total. The van der Waals surface area contributed by atoms with Crippen molar-refractivity contribution in [2.75, 3.05) is 13.7 Å². The molecule has 1 heterocycles. The third-order valence-corrected chi connectivity index (χ3v) is 3.49. The fourth-order valence-electron chi connectivity index (χ4n) is 2.25. The van der Waals surface area contributed by atoms with Crippen LogP contribution in [-0.4, -0.2) is 48.9 Å². The number of aliphatic hydroxyl groups excluding tert-OH is 1. The zero-order chi connectivity index (χ0) is 13.9. The Balaban J connectivity index is 2.48. The molecule has 18 heavy (non-hydrogen) atoms. The maximum atomic E-state index is 12.0. The lowest BCUT2D eigenvalue weighted by Crippen LogP contribution is -2.43. The molecule has 0 aromatic rings. The SMILES string of the molecule is COC(=O)C(O)CNC(=O)C1C(C)OC(C)C1C. The Morgan fingerprint density at radius 2 is 1.94 bits per heavy atom. The summed E-state index contributed by atoms with van der Waals surface area (Å²) in [7, 11) is 1.18. The minimum atomic E-state index is -1.33. The predicted octanol–water partition coefficient (Wildman–Crippen LogP) is -0.304. The molecule has 1 amide bonds. The number of amides is 1. The summed E-state index contributed by atoms with van der Waals surface area (Å²) < 4.78 is 9.93. The number of methoxy groups -OCH3 is 1. The Kier molecular flexibility index (Phi) is 5.10. The van der Waals surface area contributed by atoms with Crippen molar-refractivity contribution in [3.05, 3.63) is 0 Å². The highest BCUT2D eigenvalue weighted by molar-refractivity contribution is 5.81. The van der Waals surface area contributed by atoms with Gasteiger partial charge in [-0.1, -0.05) is 6.92 Å². The van der Waals surface area contributed by atoms with E-state index in [2.05, 4.69) is 10.1 Å². The van der Waals surface area contributed by atoms with Gasteiger partial charge in [0.2, 0.25) is 5.91 Å². The molecule has 0 aromatic carbocycles. The number of carbonyl (C=O) groups excluding carboxylic acids is 2. The second-order valence-corrected chi connectivity index (χ2v) is 4.72. The molecule has 0 spiro atoms. The van der Waals surface area contributed by atoms with Crippen molar-refractivity contribution in [1.82, 2.24) is 5.32 Å². The van der Waals surface area contributed by atoms with Gasteiger partial charge in [-0.15, -0.1) is 0 Å². The minimum Gasteiger partial charge on any atom is -0.467 e. The zero-order valence-corrected chi connectivity index (χ0v) is 11.2. The number of esters is 1. The predicted molar refractivity (Wildman–Crippen MR) is 63.7 cm³/mol. The van der Waals surface area contributed by atoms with Gasteiger partial charge >= 0.3 is 5.97 Å². The van der Waals surface area contributed by atoms with Crippen molar-refractivity contribution in [2.24, 2.45) is 11.8 Å². The van der Waals surface area contributed by atoms with Crippen molar-refractivity contribution in [2.45, 2.75) is 39.1 Å². The van der Waals surface area contributed by atoms with Gasteiger partial charge in [0.25, 0.3) is 0 Å². The van der Waals surface area contributed by atoms with Gasteiger partial charge in [0.15, 0.2) is 6.10 Å². The van der Waals surface area contributed by atoms with Crippen LogP contribution in [0.5, 0.6) is 0 Å². The minimum absolute atomic E-state index is 0.0290. The normalized spacial score (nSPS) is 32.9. The highest BCUT2D eigenvalue weighted by Crippen LogP contribution is 2.32. The quantitative estimate of drug-likeness (QED) is 0.677. The van der Waals surface area contributed by atoms with E-state index < -0.39 is 12.1 Å². The van der Waals surface area contributed by atoms with Gasteiger partial charge < -0.3 is 19.9 Å². The Labute approximate surface area is 107 Å². The van der Waals surface area contributed by atoms with Crippen LogP contribution < -0.4 is 5.32 Å². The molecule has 1 aliphatic heterocycles. The van der Waals surface area contributed by atoms with Crippen LogP contribution in [0.4, 0.5) is 0 Å². The molecule has 0 bridgehead atoms. The van der Waals surface area contributed by atoms with E-state index >= 15 is 0 Å². The molecule has 0 saturated carbocycles. The fourth-order valence-corrected chi connectivity index (χ4v) is 2.25. The third-order valence-electron chi connectivity index (χ3n) is 3.49. The molecule has 104 valence electrons. The van der Waals surface area contributed by atoms with E-state index in [0.717, 1.165) is 0 Å². The summed E-state index contributed by atoms with van der Waals surface area (Å²) in [5.74, 6) is -1.12. The molecule has 6 heteroatoms. The highest BCUT2D eigenvalue weighted by atomic mass is 16.5. The monoisotopic (exact) mass is 259 g/mol. The lowest BCUT2D eigenvalue weighted by molar-refractivity contribution is -0.150. The molecular formula is C12H21NO5. The standard InChI is InChI=1S/C12H21NO5/c1-6-7(2)18-8(3)10(6)11(15)13-5-9(14)12(16)17-4/h6-10,14H,5H2,1-4H3,(H,13,15). The molecule has 0 radical (unpaired) electrons. The van der Waals surface area contributed by atoms with Crippen LogP contribution >= 0.6 is 0 Å². The summed E-state index contributed by atoms with van der Waals surface area (Å²) in [4.78, 5) is 23.0. The first-order chi connectivity index (χ1) is 8.38. The first-order valence-corrected chi connectivity index (χ1v) is 6.07. The van der Waals surface area contributed by atoms with E-state index in [1.165, 1.54) is 7.11 Å². The number of carbonyl (C=O) groups is 2. The van der Waals surface area contributed by atoms with Crippen molar-refractivity contribution in [1.29, 1.82) is 0 Å².